The molecule has 0 amide bonds. The van der Waals surface area contributed by atoms with Crippen molar-refractivity contribution in [2.75, 3.05) is 18.5 Å². The molecule has 1 aliphatic rings. The van der Waals surface area contributed by atoms with Gasteiger partial charge in [-0.15, -0.1) is 0 Å². The molecular formula is C12H15NO2. The standard InChI is InChI=1S/C12H15NO2/c1-13-7-3-2-4-9-8-10(12(14)15)5-6-11(9)13/h5-6,8H,2-4,7H2,1H3,(H,14,15). The van der Waals surface area contributed by atoms with Crippen LogP contribution in [0.2, 0.25) is 0 Å². The Morgan fingerprint density at radius 1 is 1.40 bits per heavy atom. The average Bonchev–Trinajstić information content (AvgIpc) is 2.40. The predicted molar refractivity (Wildman–Crippen MR) is 59.6 cm³/mol. The Morgan fingerprint density at radius 2 is 2.20 bits per heavy atom. The molecule has 15 heavy (non-hydrogen) atoms. The van der Waals surface area contributed by atoms with Crippen molar-refractivity contribution < 1.29 is 9.90 Å². The number of aromatic carboxylic acids is 1. The summed E-state index contributed by atoms with van der Waals surface area (Å²) >= 11 is 0. The molecule has 0 bridgehead atoms. The third-order valence-electron chi connectivity index (χ3n) is 2.93. The van der Waals surface area contributed by atoms with Gasteiger partial charge in [0.05, 0.1) is 5.56 Å². The van der Waals surface area contributed by atoms with E-state index in [1.165, 1.54) is 12.1 Å². The summed E-state index contributed by atoms with van der Waals surface area (Å²) in [6, 6.07) is 5.41. The van der Waals surface area contributed by atoms with Gasteiger partial charge in [-0.2, -0.15) is 0 Å². The van der Waals surface area contributed by atoms with Crippen molar-refractivity contribution in [1.82, 2.24) is 0 Å². The highest BCUT2D eigenvalue weighted by atomic mass is 16.4. The van der Waals surface area contributed by atoms with Crippen LogP contribution >= 0.6 is 0 Å². The Kier molecular flexibility index (Phi) is 2.62. The summed E-state index contributed by atoms with van der Waals surface area (Å²) in [5.74, 6) is -0.843. The van der Waals surface area contributed by atoms with Crippen molar-refractivity contribution in [3.63, 3.8) is 0 Å². The number of fused-ring (bicyclic) bond motifs is 1. The summed E-state index contributed by atoms with van der Waals surface area (Å²) in [7, 11) is 2.06. The fraction of sp³-hybridized carbons (Fsp3) is 0.417. The molecule has 1 aliphatic heterocycles. The van der Waals surface area contributed by atoms with Crippen molar-refractivity contribution in [2.45, 2.75) is 19.3 Å². The third kappa shape index (κ3) is 1.96. The minimum absolute atomic E-state index is 0.393. The lowest BCUT2D eigenvalue weighted by atomic mass is 10.0. The van der Waals surface area contributed by atoms with Gasteiger partial charge < -0.3 is 10.0 Å². The molecule has 80 valence electrons. The molecule has 3 nitrogen and oxygen atoms in total. The van der Waals surface area contributed by atoms with Crippen molar-refractivity contribution in [2.24, 2.45) is 0 Å². The van der Waals surface area contributed by atoms with Gasteiger partial charge in [0.25, 0.3) is 0 Å². The van der Waals surface area contributed by atoms with Gasteiger partial charge >= 0.3 is 5.97 Å². The molecule has 3 heteroatoms. The van der Waals surface area contributed by atoms with Crippen LogP contribution in [0.5, 0.6) is 0 Å². The Labute approximate surface area is 89.3 Å². The Bertz CT molecular complexity index is 387. The van der Waals surface area contributed by atoms with E-state index in [0.29, 0.717) is 5.56 Å². The van der Waals surface area contributed by atoms with Gasteiger partial charge in [-0.1, -0.05) is 0 Å². The molecule has 0 aliphatic carbocycles. The normalized spacial score (nSPS) is 15.7. The van der Waals surface area contributed by atoms with Gasteiger partial charge in [-0.3, -0.25) is 0 Å². The Balaban J connectivity index is 2.42. The van der Waals surface area contributed by atoms with Crippen LogP contribution in [-0.2, 0) is 6.42 Å². The minimum atomic E-state index is -0.843. The SMILES string of the molecule is CN1CCCCc2cc(C(=O)O)ccc21. The molecule has 0 fully saturated rings. The minimum Gasteiger partial charge on any atom is -0.478 e. The number of carbonyl (C=O) groups is 1. The highest BCUT2D eigenvalue weighted by molar-refractivity contribution is 5.88. The molecule has 0 saturated heterocycles. The van der Waals surface area contributed by atoms with Gasteiger partial charge in [0.2, 0.25) is 0 Å². The first-order valence-electron chi connectivity index (χ1n) is 5.26. The van der Waals surface area contributed by atoms with E-state index < -0.39 is 5.97 Å². The first-order valence-corrected chi connectivity index (χ1v) is 5.26. The van der Waals surface area contributed by atoms with E-state index in [0.717, 1.165) is 24.9 Å². The Morgan fingerprint density at radius 3 is 2.93 bits per heavy atom. The fourth-order valence-electron chi connectivity index (χ4n) is 2.08. The van der Waals surface area contributed by atoms with Gasteiger partial charge in [0.15, 0.2) is 0 Å². The molecule has 2 rings (SSSR count). The largest absolute Gasteiger partial charge is 0.478 e. The van der Waals surface area contributed by atoms with E-state index in [2.05, 4.69) is 11.9 Å². The van der Waals surface area contributed by atoms with E-state index in [1.807, 2.05) is 6.07 Å². The molecule has 0 atom stereocenters. The molecular weight excluding hydrogens is 190 g/mol. The lowest BCUT2D eigenvalue weighted by Crippen LogP contribution is -2.17. The number of carboxylic acids is 1. The second-order valence-corrected chi connectivity index (χ2v) is 4.03. The van der Waals surface area contributed by atoms with Crippen molar-refractivity contribution in [1.29, 1.82) is 0 Å². The van der Waals surface area contributed by atoms with Crippen LogP contribution in [0.4, 0.5) is 5.69 Å². The third-order valence-corrected chi connectivity index (χ3v) is 2.93. The molecule has 1 N–H and O–H groups in total. The maximum atomic E-state index is 10.8. The van der Waals surface area contributed by atoms with E-state index in [9.17, 15) is 4.79 Å². The van der Waals surface area contributed by atoms with Gasteiger partial charge in [-0.25, -0.2) is 4.79 Å². The lowest BCUT2D eigenvalue weighted by Gasteiger charge is -2.19. The number of carboxylic acid groups (broad SMARTS) is 1. The first-order chi connectivity index (χ1) is 7.18. The zero-order chi connectivity index (χ0) is 10.8. The molecule has 0 aromatic heterocycles. The zero-order valence-electron chi connectivity index (χ0n) is 8.86. The maximum absolute atomic E-state index is 10.8. The number of anilines is 1. The zero-order valence-corrected chi connectivity index (χ0v) is 8.86. The molecule has 0 spiro atoms. The average molecular weight is 205 g/mol. The van der Waals surface area contributed by atoms with Crippen molar-refractivity contribution in [3.8, 4) is 0 Å². The van der Waals surface area contributed by atoms with Crippen LogP contribution < -0.4 is 4.90 Å². The smallest absolute Gasteiger partial charge is 0.335 e. The van der Waals surface area contributed by atoms with Crippen LogP contribution in [0, 0.1) is 0 Å². The molecule has 0 saturated carbocycles. The van der Waals surface area contributed by atoms with E-state index in [1.54, 1.807) is 12.1 Å². The van der Waals surface area contributed by atoms with Crippen LogP contribution in [0.25, 0.3) is 0 Å². The van der Waals surface area contributed by atoms with E-state index in [4.69, 9.17) is 5.11 Å². The molecule has 1 aromatic carbocycles. The quantitative estimate of drug-likeness (QED) is 0.763. The number of rotatable bonds is 1. The number of nitrogens with zero attached hydrogens (tertiary/aromatic N) is 1. The van der Waals surface area contributed by atoms with Crippen molar-refractivity contribution >= 4 is 11.7 Å². The summed E-state index contributed by atoms with van der Waals surface area (Å²) < 4.78 is 0. The lowest BCUT2D eigenvalue weighted by molar-refractivity contribution is 0.0697. The topological polar surface area (TPSA) is 40.5 Å². The van der Waals surface area contributed by atoms with Crippen molar-refractivity contribution in [3.05, 3.63) is 29.3 Å². The van der Waals surface area contributed by atoms with E-state index in [-0.39, 0.29) is 0 Å². The summed E-state index contributed by atoms with van der Waals surface area (Å²) in [5.41, 5.74) is 2.73. The van der Waals surface area contributed by atoms with Crippen LogP contribution in [-0.4, -0.2) is 24.7 Å². The number of hydrogen-bond donors (Lipinski definition) is 1. The van der Waals surface area contributed by atoms with E-state index >= 15 is 0 Å². The summed E-state index contributed by atoms with van der Waals surface area (Å²) in [5, 5.41) is 8.91. The molecule has 0 unspecified atom stereocenters. The predicted octanol–water partition coefficient (Wildman–Crippen LogP) is 2.16. The number of benzene rings is 1. The van der Waals surface area contributed by atoms with Gasteiger partial charge in [0.1, 0.15) is 0 Å². The summed E-state index contributed by atoms with van der Waals surface area (Å²) in [4.78, 5) is 13.0. The highest BCUT2D eigenvalue weighted by Crippen LogP contribution is 2.26. The number of hydrogen-bond acceptors (Lipinski definition) is 2. The summed E-state index contributed by atoms with van der Waals surface area (Å²) in [6.45, 7) is 1.05. The van der Waals surface area contributed by atoms with Crippen LogP contribution in [0.3, 0.4) is 0 Å². The van der Waals surface area contributed by atoms with Gasteiger partial charge in [0, 0.05) is 19.3 Å². The first kappa shape index (κ1) is 10.0. The maximum Gasteiger partial charge on any atom is 0.335 e. The van der Waals surface area contributed by atoms with Crippen LogP contribution in [0.15, 0.2) is 18.2 Å². The molecule has 1 heterocycles. The fourth-order valence-corrected chi connectivity index (χ4v) is 2.08. The molecule has 0 radical (unpaired) electrons. The molecule has 1 aromatic rings. The monoisotopic (exact) mass is 205 g/mol. The second kappa shape index (κ2) is 3.93. The Hall–Kier alpha value is -1.51. The van der Waals surface area contributed by atoms with Gasteiger partial charge in [-0.05, 0) is 43.0 Å². The summed E-state index contributed by atoms with van der Waals surface area (Å²) in [6.07, 6.45) is 3.30. The second-order valence-electron chi connectivity index (χ2n) is 4.03. The highest BCUT2D eigenvalue weighted by Gasteiger charge is 2.13. The number of aryl methyl sites for hydroxylation is 1. The van der Waals surface area contributed by atoms with Crippen LogP contribution in [0.1, 0.15) is 28.8 Å².